The summed E-state index contributed by atoms with van der Waals surface area (Å²) < 4.78 is 19.1. The highest BCUT2D eigenvalue weighted by Gasteiger charge is 2.45. The first kappa shape index (κ1) is 21.4. The topological polar surface area (TPSA) is 83.0 Å². The second-order valence-corrected chi connectivity index (χ2v) is 7.28. The third-order valence-electron chi connectivity index (χ3n) is 4.99. The summed E-state index contributed by atoms with van der Waals surface area (Å²) in [6.07, 6.45) is 3.77. The molecule has 7 nitrogen and oxygen atoms in total. The van der Waals surface area contributed by atoms with Crippen LogP contribution in [-0.2, 0) is 9.59 Å². The summed E-state index contributed by atoms with van der Waals surface area (Å²) in [5, 5.41) is 10.9. The first-order valence-electron chi connectivity index (χ1n) is 9.52. The lowest BCUT2D eigenvalue weighted by Gasteiger charge is -2.25. The Morgan fingerprint density at radius 1 is 1.23 bits per heavy atom. The number of rotatable bonds is 7. The van der Waals surface area contributed by atoms with E-state index in [9.17, 15) is 19.1 Å². The van der Waals surface area contributed by atoms with Crippen molar-refractivity contribution in [3.63, 3.8) is 0 Å². The number of aliphatic hydroxyl groups is 1. The lowest BCUT2D eigenvalue weighted by Crippen LogP contribution is -2.32. The Bertz CT molecular complexity index is 976. The summed E-state index contributed by atoms with van der Waals surface area (Å²) in [6.45, 7) is 1.07. The van der Waals surface area contributed by atoms with E-state index >= 15 is 0 Å². The molecule has 0 saturated carbocycles. The standard InChI is InChI=1S/C22H24FN3O4/c1-25(2)11-4-12-26-19(14-7-9-24-10-8-14)18(21(28)22(26)29)20(27)15-5-6-17(30-3)16(23)13-15/h5-10,13,19,27H,4,11-12H2,1-3H3/t19-/m0/s1. The number of Topliss-reactive ketones (excluding diaryl/α,β-unsaturated/α-hetero) is 1. The summed E-state index contributed by atoms with van der Waals surface area (Å²) in [7, 11) is 5.18. The molecule has 0 bridgehead atoms. The number of likely N-dealkylation sites (tertiary alicyclic amines) is 1. The second kappa shape index (κ2) is 9.04. The third kappa shape index (κ3) is 4.18. The number of carbonyl (C=O) groups is 2. The number of ether oxygens (including phenoxy) is 1. The van der Waals surface area contributed by atoms with Gasteiger partial charge in [-0.2, -0.15) is 0 Å². The van der Waals surface area contributed by atoms with Crippen molar-refractivity contribution < 1.29 is 23.8 Å². The number of carbonyl (C=O) groups excluding carboxylic acids is 2. The predicted octanol–water partition coefficient (Wildman–Crippen LogP) is 2.60. The van der Waals surface area contributed by atoms with Crippen LogP contribution in [0.15, 0.2) is 48.3 Å². The number of methoxy groups -OCH3 is 1. The van der Waals surface area contributed by atoms with Gasteiger partial charge >= 0.3 is 0 Å². The molecule has 1 aliphatic heterocycles. The van der Waals surface area contributed by atoms with Gasteiger partial charge in [-0.1, -0.05) is 0 Å². The molecule has 1 aromatic carbocycles. The van der Waals surface area contributed by atoms with Crippen molar-refractivity contribution in [3.05, 3.63) is 65.2 Å². The van der Waals surface area contributed by atoms with E-state index in [1.54, 1.807) is 24.5 Å². The molecule has 1 fully saturated rings. The van der Waals surface area contributed by atoms with E-state index in [1.165, 1.54) is 24.1 Å². The highest BCUT2D eigenvalue weighted by atomic mass is 19.1. The van der Waals surface area contributed by atoms with E-state index in [2.05, 4.69) is 4.98 Å². The average molecular weight is 413 g/mol. The molecule has 3 rings (SSSR count). The molecule has 0 spiro atoms. The summed E-state index contributed by atoms with van der Waals surface area (Å²) in [5.74, 6) is -2.57. The monoisotopic (exact) mass is 413 g/mol. The van der Waals surface area contributed by atoms with Gasteiger partial charge in [-0.3, -0.25) is 14.6 Å². The van der Waals surface area contributed by atoms with Crippen molar-refractivity contribution in [2.75, 3.05) is 34.3 Å². The van der Waals surface area contributed by atoms with Gasteiger partial charge in [0.25, 0.3) is 11.7 Å². The van der Waals surface area contributed by atoms with Crippen molar-refractivity contribution >= 4 is 17.4 Å². The van der Waals surface area contributed by atoms with Gasteiger partial charge in [-0.05, 0) is 63.0 Å². The maximum absolute atomic E-state index is 14.2. The van der Waals surface area contributed by atoms with E-state index in [0.29, 0.717) is 18.5 Å². The Hall–Kier alpha value is -3.26. The molecule has 8 heteroatoms. The minimum absolute atomic E-state index is 0.0152. The highest BCUT2D eigenvalue weighted by molar-refractivity contribution is 6.46. The molecule has 0 aliphatic carbocycles. The van der Waals surface area contributed by atoms with Crippen molar-refractivity contribution in [2.24, 2.45) is 0 Å². The number of aliphatic hydroxyl groups excluding tert-OH is 1. The van der Waals surface area contributed by atoms with Crippen LogP contribution in [0, 0.1) is 5.82 Å². The number of aromatic nitrogens is 1. The number of amides is 1. The Balaban J connectivity index is 2.08. The van der Waals surface area contributed by atoms with Crippen LogP contribution in [0.5, 0.6) is 5.75 Å². The van der Waals surface area contributed by atoms with Gasteiger partial charge in [0.2, 0.25) is 0 Å². The van der Waals surface area contributed by atoms with Gasteiger partial charge < -0.3 is 19.6 Å². The fourth-order valence-corrected chi connectivity index (χ4v) is 3.53. The summed E-state index contributed by atoms with van der Waals surface area (Å²) in [5.41, 5.74) is 0.670. The zero-order valence-corrected chi connectivity index (χ0v) is 17.1. The van der Waals surface area contributed by atoms with Crippen LogP contribution >= 0.6 is 0 Å². The summed E-state index contributed by atoms with van der Waals surface area (Å²) >= 11 is 0. The van der Waals surface area contributed by atoms with Gasteiger partial charge in [0, 0.05) is 24.5 Å². The number of nitrogens with zero attached hydrogens (tertiary/aromatic N) is 3. The zero-order chi connectivity index (χ0) is 21.8. The van der Waals surface area contributed by atoms with Crippen LogP contribution in [0.3, 0.4) is 0 Å². The number of benzene rings is 1. The molecule has 1 atom stereocenters. The molecule has 30 heavy (non-hydrogen) atoms. The first-order valence-corrected chi connectivity index (χ1v) is 9.52. The van der Waals surface area contributed by atoms with E-state index in [1.807, 2.05) is 19.0 Å². The molecule has 2 heterocycles. The molecular formula is C22H24FN3O4. The summed E-state index contributed by atoms with van der Waals surface area (Å²) in [4.78, 5) is 33.1. The molecule has 1 saturated heterocycles. The maximum Gasteiger partial charge on any atom is 0.295 e. The normalized spacial score (nSPS) is 18.3. The third-order valence-corrected chi connectivity index (χ3v) is 4.99. The first-order chi connectivity index (χ1) is 14.3. The molecule has 2 aromatic rings. The van der Waals surface area contributed by atoms with Crippen LogP contribution in [0.1, 0.15) is 23.6 Å². The largest absolute Gasteiger partial charge is 0.507 e. The molecule has 1 amide bonds. The number of ketones is 1. The van der Waals surface area contributed by atoms with Crippen molar-refractivity contribution in [1.29, 1.82) is 0 Å². The highest BCUT2D eigenvalue weighted by Crippen LogP contribution is 2.39. The molecule has 1 aromatic heterocycles. The quantitative estimate of drug-likeness (QED) is 0.427. The smallest absolute Gasteiger partial charge is 0.295 e. The van der Waals surface area contributed by atoms with E-state index in [0.717, 1.165) is 12.6 Å². The Labute approximate surface area is 174 Å². The maximum atomic E-state index is 14.2. The average Bonchev–Trinajstić information content (AvgIpc) is 2.98. The van der Waals surface area contributed by atoms with Crippen LogP contribution in [0.4, 0.5) is 4.39 Å². The summed E-state index contributed by atoms with van der Waals surface area (Å²) in [6, 6.07) is 6.49. The SMILES string of the molecule is COc1ccc(C(O)=C2C(=O)C(=O)N(CCCN(C)C)[C@H]2c2ccncc2)cc1F. The van der Waals surface area contributed by atoms with Crippen molar-refractivity contribution in [1.82, 2.24) is 14.8 Å². The second-order valence-electron chi connectivity index (χ2n) is 7.28. The zero-order valence-electron chi connectivity index (χ0n) is 17.1. The predicted molar refractivity (Wildman–Crippen MR) is 109 cm³/mol. The van der Waals surface area contributed by atoms with E-state index in [-0.39, 0.29) is 16.9 Å². The molecule has 1 aliphatic rings. The van der Waals surface area contributed by atoms with Crippen LogP contribution in [-0.4, -0.2) is 65.9 Å². The molecule has 1 N–H and O–H groups in total. The number of hydrogen-bond acceptors (Lipinski definition) is 6. The Kier molecular flexibility index (Phi) is 6.47. The van der Waals surface area contributed by atoms with Crippen molar-refractivity contribution in [3.8, 4) is 5.75 Å². The van der Waals surface area contributed by atoms with Gasteiger partial charge in [-0.15, -0.1) is 0 Å². The van der Waals surface area contributed by atoms with Gasteiger partial charge in [0.1, 0.15) is 5.76 Å². The molecule has 0 radical (unpaired) electrons. The van der Waals surface area contributed by atoms with Crippen LogP contribution in [0.2, 0.25) is 0 Å². The lowest BCUT2D eigenvalue weighted by atomic mass is 9.96. The minimum Gasteiger partial charge on any atom is -0.507 e. The molecular weight excluding hydrogens is 389 g/mol. The Morgan fingerprint density at radius 3 is 2.53 bits per heavy atom. The molecule has 0 unspecified atom stereocenters. The van der Waals surface area contributed by atoms with Gasteiger partial charge in [0.05, 0.1) is 18.7 Å². The number of pyridine rings is 1. The number of halogens is 1. The fourth-order valence-electron chi connectivity index (χ4n) is 3.53. The lowest BCUT2D eigenvalue weighted by molar-refractivity contribution is -0.139. The van der Waals surface area contributed by atoms with Crippen LogP contribution < -0.4 is 4.74 Å². The molecule has 158 valence electrons. The Morgan fingerprint density at radius 2 is 1.93 bits per heavy atom. The van der Waals surface area contributed by atoms with E-state index in [4.69, 9.17) is 4.74 Å². The van der Waals surface area contributed by atoms with Gasteiger partial charge in [-0.25, -0.2) is 4.39 Å². The fraction of sp³-hybridized carbons (Fsp3) is 0.318. The minimum atomic E-state index is -0.796. The van der Waals surface area contributed by atoms with Crippen molar-refractivity contribution in [2.45, 2.75) is 12.5 Å². The van der Waals surface area contributed by atoms with E-state index < -0.39 is 29.3 Å². The number of hydrogen-bond donors (Lipinski definition) is 1. The van der Waals surface area contributed by atoms with Crippen LogP contribution in [0.25, 0.3) is 5.76 Å². The van der Waals surface area contributed by atoms with Gasteiger partial charge in [0.15, 0.2) is 11.6 Å².